The second-order valence-electron chi connectivity index (χ2n) is 6.07. The fraction of sp³-hybridized carbons (Fsp3) is 0.200. The summed E-state index contributed by atoms with van der Waals surface area (Å²) in [6.07, 6.45) is -0.770. The Kier molecular flexibility index (Phi) is 4.93. The molecule has 0 fully saturated rings. The molecule has 1 aromatic heterocycles. The number of hydrogen-bond donors (Lipinski definition) is 2. The Balaban J connectivity index is 1.61. The molecule has 1 heterocycles. The monoisotopic (exact) mass is 352 g/mol. The van der Waals surface area contributed by atoms with Gasteiger partial charge in [-0.25, -0.2) is 0 Å². The number of carbonyl (C=O) groups is 2. The number of nitrogens with one attached hydrogen (secondary N) is 2. The molecule has 0 bridgehead atoms. The Bertz CT molecular complexity index is 961. The smallest absolute Gasteiger partial charge is 0.305 e. The molecule has 2 N–H and O–H groups in total. The molecule has 134 valence electrons. The van der Waals surface area contributed by atoms with Gasteiger partial charge in [0.1, 0.15) is 11.3 Å². The minimum atomic E-state index is -0.770. The lowest BCUT2D eigenvalue weighted by atomic mass is 10.1. The van der Waals surface area contributed by atoms with Crippen LogP contribution >= 0.6 is 0 Å². The number of carbonyl (C=O) groups excluding carboxylic acids is 2. The van der Waals surface area contributed by atoms with E-state index in [9.17, 15) is 9.59 Å². The molecule has 0 aliphatic carbocycles. The van der Waals surface area contributed by atoms with Gasteiger partial charge < -0.3 is 9.15 Å². The Labute approximate surface area is 151 Å². The van der Waals surface area contributed by atoms with Crippen LogP contribution in [0.1, 0.15) is 28.6 Å². The number of amides is 2. The van der Waals surface area contributed by atoms with Gasteiger partial charge in [-0.1, -0.05) is 30.3 Å². The number of aryl methyl sites for hydroxylation is 2. The molecule has 3 rings (SSSR count). The number of para-hydroxylation sites is 1. The summed E-state index contributed by atoms with van der Waals surface area (Å²) in [4.78, 5) is 24.4. The SMILES string of the molecule is Cc1cccc(OC(C)C(=O)NNC(=O)c2oc3ccccc3c2C)c1. The summed E-state index contributed by atoms with van der Waals surface area (Å²) in [5.74, 6) is -0.228. The number of furan rings is 1. The molecule has 0 spiro atoms. The van der Waals surface area contributed by atoms with Crippen LogP contribution in [0.2, 0.25) is 0 Å². The van der Waals surface area contributed by atoms with Crippen LogP contribution in [0.25, 0.3) is 11.0 Å². The number of rotatable bonds is 4. The Morgan fingerprint density at radius 2 is 1.81 bits per heavy atom. The van der Waals surface area contributed by atoms with Crippen molar-refractivity contribution < 1.29 is 18.7 Å². The zero-order chi connectivity index (χ0) is 18.7. The van der Waals surface area contributed by atoms with Crippen LogP contribution in [0, 0.1) is 13.8 Å². The maximum atomic E-state index is 12.3. The third kappa shape index (κ3) is 3.69. The standard InChI is InChI=1S/C20H20N2O4/c1-12-7-6-8-15(11-12)25-14(3)19(23)21-22-20(24)18-13(2)16-9-4-5-10-17(16)26-18/h4-11,14H,1-3H3,(H,21,23)(H,22,24). The van der Waals surface area contributed by atoms with Gasteiger partial charge in [-0.3, -0.25) is 20.4 Å². The highest BCUT2D eigenvalue weighted by atomic mass is 16.5. The van der Waals surface area contributed by atoms with Crippen molar-refractivity contribution in [3.8, 4) is 5.75 Å². The predicted molar refractivity (Wildman–Crippen MR) is 97.8 cm³/mol. The lowest BCUT2D eigenvalue weighted by molar-refractivity contribution is -0.128. The number of ether oxygens (including phenoxy) is 1. The van der Waals surface area contributed by atoms with E-state index in [0.29, 0.717) is 11.3 Å². The minimum Gasteiger partial charge on any atom is -0.481 e. The predicted octanol–water partition coefficient (Wildman–Crippen LogP) is 3.28. The van der Waals surface area contributed by atoms with Crippen molar-refractivity contribution in [1.82, 2.24) is 10.9 Å². The molecule has 6 nitrogen and oxygen atoms in total. The second-order valence-corrected chi connectivity index (χ2v) is 6.07. The highest BCUT2D eigenvalue weighted by Crippen LogP contribution is 2.24. The molecule has 1 atom stereocenters. The van der Waals surface area contributed by atoms with Gasteiger partial charge >= 0.3 is 5.91 Å². The summed E-state index contributed by atoms with van der Waals surface area (Å²) in [5.41, 5.74) is 7.10. The van der Waals surface area contributed by atoms with E-state index < -0.39 is 17.9 Å². The van der Waals surface area contributed by atoms with E-state index in [1.165, 1.54) is 0 Å². The van der Waals surface area contributed by atoms with Gasteiger partial charge in [0.25, 0.3) is 5.91 Å². The van der Waals surface area contributed by atoms with Crippen LogP contribution in [-0.4, -0.2) is 17.9 Å². The summed E-state index contributed by atoms with van der Waals surface area (Å²) in [6.45, 7) is 5.34. The van der Waals surface area contributed by atoms with Gasteiger partial charge in [0.2, 0.25) is 0 Å². The van der Waals surface area contributed by atoms with Gasteiger partial charge in [-0.15, -0.1) is 0 Å². The maximum Gasteiger partial charge on any atom is 0.305 e. The van der Waals surface area contributed by atoms with Crippen molar-refractivity contribution in [3.63, 3.8) is 0 Å². The molecule has 26 heavy (non-hydrogen) atoms. The Hall–Kier alpha value is -3.28. The zero-order valence-electron chi connectivity index (χ0n) is 14.8. The molecule has 0 saturated carbocycles. The second kappa shape index (κ2) is 7.31. The third-order valence-corrected chi connectivity index (χ3v) is 4.02. The molecule has 3 aromatic rings. The van der Waals surface area contributed by atoms with E-state index in [-0.39, 0.29) is 5.76 Å². The van der Waals surface area contributed by atoms with E-state index in [0.717, 1.165) is 16.5 Å². The van der Waals surface area contributed by atoms with Crippen LogP contribution in [-0.2, 0) is 4.79 Å². The average molecular weight is 352 g/mol. The normalized spacial score (nSPS) is 11.8. The summed E-state index contributed by atoms with van der Waals surface area (Å²) in [6, 6.07) is 14.8. The van der Waals surface area contributed by atoms with E-state index in [1.807, 2.05) is 43.3 Å². The summed E-state index contributed by atoms with van der Waals surface area (Å²) < 4.78 is 11.1. The average Bonchev–Trinajstić information content (AvgIpc) is 2.96. The van der Waals surface area contributed by atoms with Crippen molar-refractivity contribution in [2.45, 2.75) is 26.9 Å². The van der Waals surface area contributed by atoms with Gasteiger partial charge in [-0.2, -0.15) is 0 Å². The summed E-state index contributed by atoms with van der Waals surface area (Å²) in [7, 11) is 0. The summed E-state index contributed by atoms with van der Waals surface area (Å²) in [5, 5.41) is 0.861. The van der Waals surface area contributed by atoms with Gasteiger partial charge in [0.15, 0.2) is 11.9 Å². The first kappa shape index (κ1) is 17.5. The van der Waals surface area contributed by atoms with Crippen molar-refractivity contribution in [2.24, 2.45) is 0 Å². The van der Waals surface area contributed by atoms with Gasteiger partial charge in [-0.05, 0) is 44.5 Å². The van der Waals surface area contributed by atoms with Gasteiger partial charge in [0, 0.05) is 10.9 Å². The first-order valence-electron chi connectivity index (χ1n) is 8.27. The highest BCUT2D eigenvalue weighted by molar-refractivity contribution is 5.99. The molecule has 2 amide bonds. The maximum absolute atomic E-state index is 12.3. The molecular weight excluding hydrogens is 332 g/mol. The van der Waals surface area contributed by atoms with Gasteiger partial charge in [0.05, 0.1) is 0 Å². The van der Waals surface area contributed by atoms with E-state index >= 15 is 0 Å². The topological polar surface area (TPSA) is 80.6 Å². The Morgan fingerprint density at radius 3 is 2.54 bits per heavy atom. The number of fused-ring (bicyclic) bond motifs is 1. The van der Waals surface area contributed by atoms with E-state index in [1.54, 1.807) is 26.0 Å². The number of hydrazine groups is 1. The van der Waals surface area contributed by atoms with Crippen molar-refractivity contribution in [2.75, 3.05) is 0 Å². The quantitative estimate of drug-likeness (QED) is 0.706. The fourth-order valence-electron chi connectivity index (χ4n) is 2.61. The molecule has 6 heteroatoms. The highest BCUT2D eigenvalue weighted by Gasteiger charge is 2.20. The van der Waals surface area contributed by atoms with Crippen molar-refractivity contribution in [1.29, 1.82) is 0 Å². The Morgan fingerprint density at radius 1 is 1.04 bits per heavy atom. The van der Waals surface area contributed by atoms with Crippen molar-refractivity contribution in [3.05, 3.63) is 65.4 Å². The molecule has 0 aliphatic heterocycles. The van der Waals surface area contributed by atoms with Crippen LogP contribution in [0.5, 0.6) is 5.75 Å². The molecule has 0 saturated heterocycles. The van der Waals surface area contributed by atoms with Crippen LogP contribution in [0.4, 0.5) is 0 Å². The first-order valence-corrected chi connectivity index (χ1v) is 8.27. The third-order valence-electron chi connectivity index (χ3n) is 4.02. The number of benzene rings is 2. The minimum absolute atomic E-state index is 0.166. The van der Waals surface area contributed by atoms with E-state index in [2.05, 4.69) is 10.9 Å². The lowest BCUT2D eigenvalue weighted by Crippen LogP contribution is -2.47. The summed E-state index contributed by atoms with van der Waals surface area (Å²) >= 11 is 0. The molecule has 1 unspecified atom stereocenters. The van der Waals surface area contributed by atoms with Crippen molar-refractivity contribution >= 4 is 22.8 Å². The molecule has 0 radical (unpaired) electrons. The van der Waals surface area contributed by atoms with Crippen LogP contribution in [0.3, 0.4) is 0 Å². The van der Waals surface area contributed by atoms with Crippen LogP contribution in [0.15, 0.2) is 52.9 Å². The molecule has 0 aliphatic rings. The number of hydrogen-bond acceptors (Lipinski definition) is 4. The van der Waals surface area contributed by atoms with Crippen LogP contribution < -0.4 is 15.6 Å². The molecular formula is C20H20N2O4. The van der Waals surface area contributed by atoms with E-state index in [4.69, 9.17) is 9.15 Å². The first-order chi connectivity index (χ1) is 12.5. The lowest BCUT2D eigenvalue weighted by Gasteiger charge is -2.15. The zero-order valence-corrected chi connectivity index (χ0v) is 14.8. The fourth-order valence-corrected chi connectivity index (χ4v) is 2.61. The largest absolute Gasteiger partial charge is 0.481 e. The molecule has 2 aromatic carbocycles.